The largest absolute Gasteiger partial charge is 0.486 e. The van der Waals surface area contributed by atoms with E-state index in [1.165, 1.54) is 0 Å². The number of carbonyl (C=O) groups excluding carboxylic acids is 2. The molecule has 0 spiro atoms. The number of halogens is 1. The number of fused-ring (bicyclic) bond motifs is 1. The van der Waals surface area contributed by atoms with Crippen LogP contribution in [-0.2, 0) is 9.59 Å². The van der Waals surface area contributed by atoms with Gasteiger partial charge < -0.3 is 25.0 Å². The van der Waals surface area contributed by atoms with Crippen LogP contribution in [0.1, 0.15) is 18.5 Å². The summed E-state index contributed by atoms with van der Waals surface area (Å²) in [6, 6.07) is 12.5. The van der Waals surface area contributed by atoms with Crippen LogP contribution in [0.15, 0.2) is 42.5 Å². The lowest BCUT2D eigenvalue weighted by Gasteiger charge is -2.21. The van der Waals surface area contributed by atoms with Gasteiger partial charge >= 0.3 is 0 Å². The van der Waals surface area contributed by atoms with E-state index in [-0.39, 0.29) is 30.9 Å². The average molecular weight is 419 g/mol. The molecule has 7 nitrogen and oxygen atoms in total. The molecular weight excluding hydrogens is 394 g/mol. The second-order valence-electron chi connectivity index (χ2n) is 7.03. The Morgan fingerprint density at radius 1 is 1.07 bits per heavy atom. The van der Waals surface area contributed by atoms with Crippen LogP contribution in [0.2, 0.25) is 5.02 Å². The van der Waals surface area contributed by atoms with Crippen LogP contribution in [0.5, 0.6) is 11.5 Å². The zero-order valence-electron chi connectivity index (χ0n) is 16.5. The molecule has 0 bridgehead atoms. The summed E-state index contributed by atoms with van der Waals surface area (Å²) in [6.45, 7) is 3.28. The van der Waals surface area contributed by atoms with E-state index in [2.05, 4.69) is 10.6 Å². The predicted octanol–water partition coefficient (Wildman–Crippen LogP) is 1.44. The van der Waals surface area contributed by atoms with Gasteiger partial charge in [0.1, 0.15) is 13.2 Å². The summed E-state index contributed by atoms with van der Waals surface area (Å²) in [4.78, 5) is 25.3. The van der Waals surface area contributed by atoms with Gasteiger partial charge in [0.05, 0.1) is 23.8 Å². The highest BCUT2D eigenvalue weighted by molar-refractivity contribution is 6.33. The Labute approximate surface area is 174 Å². The molecule has 2 atom stereocenters. The zero-order valence-corrected chi connectivity index (χ0v) is 17.2. The maximum absolute atomic E-state index is 12.4. The summed E-state index contributed by atoms with van der Waals surface area (Å²) in [5.74, 6) is 1.06. The van der Waals surface area contributed by atoms with E-state index in [0.717, 1.165) is 10.5 Å². The minimum Gasteiger partial charge on any atom is -0.486 e. The third-order valence-electron chi connectivity index (χ3n) is 4.52. The number of para-hydroxylation sites is 1. The molecule has 154 valence electrons. The van der Waals surface area contributed by atoms with Gasteiger partial charge in [-0.05, 0) is 36.8 Å². The summed E-state index contributed by atoms with van der Waals surface area (Å²) < 4.78 is 11.1. The van der Waals surface area contributed by atoms with E-state index < -0.39 is 0 Å². The Morgan fingerprint density at radius 2 is 1.76 bits per heavy atom. The van der Waals surface area contributed by atoms with Crippen molar-refractivity contribution in [3.63, 3.8) is 0 Å². The van der Waals surface area contributed by atoms with Crippen molar-refractivity contribution in [1.82, 2.24) is 5.32 Å². The number of amides is 2. The third-order valence-corrected chi connectivity index (χ3v) is 4.85. The standard InChI is InChI=1S/C21H24ClN3O4/c1-14(15-7-8-18-19(11-15)29-10-9-28-18)23-20(26)12-25(2)13-21(27)24-17-6-4-3-5-16(17)22/h3-8,11,14H,9-10,12-13H2,1-2H3,(H,23,26)(H,24,27)/p+1/t14-/m0/s1. The van der Waals surface area contributed by atoms with E-state index in [1.807, 2.05) is 25.1 Å². The Balaban J connectivity index is 1.48. The number of quaternary nitrogens is 1. The number of benzene rings is 2. The van der Waals surface area contributed by atoms with Gasteiger partial charge in [-0.2, -0.15) is 0 Å². The molecule has 29 heavy (non-hydrogen) atoms. The average Bonchev–Trinajstić information content (AvgIpc) is 2.69. The summed E-state index contributed by atoms with van der Waals surface area (Å²) in [5, 5.41) is 6.19. The molecule has 0 aliphatic carbocycles. The molecule has 0 aromatic heterocycles. The molecule has 1 aliphatic heterocycles. The van der Waals surface area contributed by atoms with Crippen LogP contribution in [-0.4, -0.2) is 45.2 Å². The van der Waals surface area contributed by atoms with Crippen molar-refractivity contribution in [3.8, 4) is 11.5 Å². The van der Waals surface area contributed by atoms with Crippen LogP contribution >= 0.6 is 11.6 Å². The smallest absolute Gasteiger partial charge is 0.279 e. The van der Waals surface area contributed by atoms with Crippen LogP contribution in [0.25, 0.3) is 0 Å². The molecule has 2 aromatic rings. The van der Waals surface area contributed by atoms with Gasteiger partial charge in [0.15, 0.2) is 24.6 Å². The van der Waals surface area contributed by atoms with Crippen LogP contribution < -0.4 is 25.0 Å². The van der Waals surface area contributed by atoms with Gasteiger partial charge in [-0.25, -0.2) is 0 Å². The molecule has 3 N–H and O–H groups in total. The normalized spacial score (nSPS) is 14.6. The van der Waals surface area contributed by atoms with Crippen LogP contribution in [0, 0.1) is 0 Å². The molecule has 1 heterocycles. The van der Waals surface area contributed by atoms with Gasteiger partial charge in [0.25, 0.3) is 11.8 Å². The lowest BCUT2D eigenvalue weighted by atomic mass is 10.1. The monoisotopic (exact) mass is 418 g/mol. The lowest BCUT2D eigenvalue weighted by Crippen LogP contribution is -3.11. The van der Waals surface area contributed by atoms with E-state index in [4.69, 9.17) is 21.1 Å². The quantitative estimate of drug-likeness (QED) is 0.635. The highest BCUT2D eigenvalue weighted by atomic mass is 35.5. The van der Waals surface area contributed by atoms with E-state index in [0.29, 0.717) is 35.4 Å². The number of likely N-dealkylation sites (N-methyl/N-ethyl adjacent to an activating group) is 1. The summed E-state index contributed by atoms with van der Waals surface area (Å²) in [7, 11) is 1.79. The number of rotatable bonds is 7. The maximum atomic E-state index is 12.4. The molecule has 2 aromatic carbocycles. The number of hydrogen-bond acceptors (Lipinski definition) is 4. The van der Waals surface area contributed by atoms with Gasteiger partial charge in [-0.15, -0.1) is 0 Å². The number of hydrogen-bond donors (Lipinski definition) is 3. The van der Waals surface area contributed by atoms with Crippen molar-refractivity contribution < 1.29 is 24.0 Å². The Morgan fingerprint density at radius 3 is 2.52 bits per heavy atom. The molecule has 3 rings (SSSR count). The van der Waals surface area contributed by atoms with Crippen LogP contribution in [0.3, 0.4) is 0 Å². The number of anilines is 1. The fourth-order valence-corrected chi connectivity index (χ4v) is 3.26. The topological polar surface area (TPSA) is 81.1 Å². The molecule has 8 heteroatoms. The molecule has 0 saturated heterocycles. The molecule has 0 saturated carbocycles. The van der Waals surface area contributed by atoms with Crippen molar-refractivity contribution in [2.24, 2.45) is 0 Å². The first-order valence-electron chi connectivity index (χ1n) is 9.47. The van der Waals surface area contributed by atoms with Crippen molar-refractivity contribution in [1.29, 1.82) is 0 Å². The molecule has 1 unspecified atom stereocenters. The minimum absolute atomic E-state index is 0.143. The number of carbonyl (C=O) groups is 2. The Bertz CT molecular complexity index is 890. The predicted molar refractivity (Wildman–Crippen MR) is 111 cm³/mol. The maximum Gasteiger partial charge on any atom is 0.279 e. The number of ether oxygens (including phenoxy) is 2. The summed E-state index contributed by atoms with van der Waals surface area (Å²) >= 11 is 6.05. The van der Waals surface area contributed by atoms with Gasteiger partial charge in [-0.3, -0.25) is 9.59 Å². The number of nitrogens with one attached hydrogen (secondary N) is 3. The van der Waals surface area contributed by atoms with Crippen molar-refractivity contribution in [3.05, 3.63) is 53.1 Å². The molecule has 0 radical (unpaired) electrons. The minimum atomic E-state index is -0.205. The third kappa shape index (κ3) is 5.85. The van der Waals surface area contributed by atoms with Crippen molar-refractivity contribution >= 4 is 29.1 Å². The van der Waals surface area contributed by atoms with E-state index in [1.54, 1.807) is 31.3 Å². The first-order valence-corrected chi connectivity index (χ1v) is 9.85. The molecule has 1 aliphatic rings. The molecule has 2 amide bonds. The Kier molecular flexibility index (Phi) is 6.95. The van der Waals surface area contributed by atoms with Gasteiger partial charge in [0, 0.05) is 0 Å². The summed E-state index contributed by atoms with van der Waals surface area (Å²) in [5.41, 5.74) is 1.49. The first kappa shape index (κ1) is 21.0. The second kappa shape index (κ2) is 9.62. The van der Waals surface area contributed by atoms with E-state index >= 15 is 0 Å². The van der Waals surface area contributed by atoms with Crippen molar-refractivity contribution in [2.45, 2.75) is 13.0 Å². The fraction of sp³-hybridized carbons (Fsp3) is 0.333. The zero-order chi connectivity index (χ0) is 20.8. The van der Waals surface area contributed by atoms with Crippen molar-refractivity contribution in [2.75, 3.05) is 38.7 Å². The van der Waals surface area contributed by atoms with Gasteiger partial charge in [0.2, 0.25) is 0 Å². The first-order chi connectivity index (χ1) is 13.9. The highest BCUT2D eigenvalue weighted by Crippen LogP contribution is 2.32. The highest BCUT2D eigenvalue weighted by Gasteiger charge is 2.19. The second-order valence-corrected chi connectivity index (χ2v) is 7.44. The lowest BCUT2D eigenvalue weighted by molar-refractivity contribution is -0.862. The SMILES string of the molecule is C[C@H](NC(=O)C[NH+](C)CC(=O)Nc1ccccc1Cl)c1ccc2c(c1)OCCO2. The fourth-order valence-electron chi connectivity index (χ4n) is 3.07. The summed E-state index contributed by atoms with van der Waals surface area (Å²) in [6.07, 6.45) is 0. The van der Waals surface area contributed by atoms with Gasteiger partial charge in [-0.1, -0.05) is 29.8 Å². The molecule has 0 fully saturated rings. The Hall–Kier alpha value is -2.77. The molecular formula is C21H25ClN3O4+. The van der Waals surface area contributed by atoms with Crippen LogP contribution in [0.4, 0.5) is 5.69 Å². The van der Waals surface area contributed by atoms with E-state index in [9.17, 15) is 9.59 Å².